The fourth-order valence-corrected chi connectivity index (χ4v) is 4.62. The van der Waals surface area contributed by atoms with E-state index in [1.807, 2.05) is 0 Å². The van der Waals surface area contributed by atoms with E-state index in [1.54, 1.807) is 22.5 Å². The molecule has 22 heavy (non-hydrogen) atoms. The Morgan fingerprint density at radius 2 is 1.95 bits per heavy atom. The highest BCUT2D eigenvalue weighted by molar-refractivity contribution is 7.07. The zero-order valence-corrected chi connectivity index (χ0v) is 13.8. The van der Waals surface area contributed by atoms with Crippen LogP contribution in [0.15, 0.2) is 41.1 Å². The van der Waals surface area contributed by atoms with Crippen molar-refractivity contribution in [1.29, 1.82) is 0 Å². The number of rotatable bonds is 4. The second kappa shape index (κ2) is 6.53. The van der Waals surface area contributed by atoms with Gasteiger partial charge in [-0.05, 0) is 65.7 Å². The minimum absolute atomic E-state index is 0.650. The Hall–Kier alpha value is -1.16. The summed E-state index contributed by atoms with van der Waals surface area (Å²) in [6.45, 7) is 3.50. The molecule has 0 bridgehead atoms. The zero-order chi connectivity index (χ0) is 14.8. The number of nitrogens with zero attached hydrogens (tertiary/aromatic N) is 1. The highest BCUT2D eigenvalue weighted by Crippen LogP contribution is 2.27. The van der Waals surface area contributed by atoms with Gasteiger partial charge < -0.3 is 5.32 Å². The summed E-state index contributed by atoms with van der Waals surface area (Å²) in [5.41, 5.74) is 4.57. The molecular formula is C19H24N2S. The van der Waals surface area contributed by atoms with Crippen LogP contribution in [0.5, 0.6) is 0 Å². The normalized spacial score (nSPS) is 22.8. The quantitative estimate of drug-likeness (QED) is 0.930. The summed E-state index contributed by atoms with van der Waals surface area (Å²) in [4.78, 5) is 2.73. The summed E-state index contributed by atoms with van der Waals surface area (Å²) in [6, 6.07) is 12.6. The summed E-state index contributed by atoms with van der Waals surface area (Å²) in [5, 5.41) is 8.18. The molecule has 2 aromatic rings. The number of piperidine rings is 1. The van der Waals surface area contributed by atoms with E-state index in [9.17, 15) is 0 Å². The topological polar surface area (TPSA) is 15.3 Å². The Morgan fingerprint density at radius 3 is 2.68 bits per heavy atom. The zero-order valence-electron chi connectivity index (χ0n) is 13.0. The molecule has 1 saturated heterocycles. The summed E-state index contributed by atoms with van der Waals surface area (Å²) < 4.78 is 0. The average molecular weight is 312 g/mol. The largest absolute Gasteiger partial charge is 0.309 e. The summed E-state index contributed by atoms with van der Waals surface area (Å²) in [7, 11) is 0. The van der Waals surface area contributed by atoms with E-state index in [-0.39, 0.29) is 0 Å². The Morgan fingerprint density at radius 1 is 1.14 bits per heavy atom. The molecule has 3 heteroatoms. The molecule has 0 amide bonds. The van der Waals surface area contributed by atoms with Crippen LogP contribution < -0.4 is 5.32 Å². The number of likely N-dealkylation sites (tertiary alicyclic amines) is 1. The van der Waals surface area contributed by atoms with Gasteiger partial charge in [-0.25, -0.2) is 0 Å². The van der Waals surface area contributed by atoms with Crippen LogP contribution in [0.2, 0.25) is 0 Å². The number of thiophene rings is 1. The molecule has 0 saturated carbocycles. The van der Waals surface area contributed by atoms with Crippen molar-refractivity contribution in [2.75, 3.05) is 13.1 Å². The summed E-state index contributed by atoms with van der Waals surface area (Å²) in [5.74, 6) is 0. The lowest BCUT2D eigenvalue weighted by molar-refractivity contribution is 0.140. The number of hydrogen-bond acceptors (Lipinski definition) is 3. The molecule has 2 aliphatic rings. The highest BCUT2D eigenvalue weighted by atomic mass is 32.1. The SMILES string of the molecule is c1ccc2c(c1)CC(N1CCC[C@H](NCc3ccsc3)C1)C2. The van der Waals surface area contributed by atoms with Crippen LogP contribution in [0, 0.1) is 0 Å². The summed E-state index contributed by atoms with van der Waals surface area (Å²) >= 11 is 1.79. The molecule has 2 nitrogen and oxygen atoms in total. The molecule has 4 rings (SSSR count). The molecule has 1 aromatic heterocycles. The van der Waals surface area contributed by atoms with E-state index in [2.05, 4.69) is 51.3 Å². The Bertz CT molecular complexity index is 583. The first kappa shape index (κ1) is 14.4. The lowest BCUT2D eigenvalue weighted by atomic mass is 10.0. The fourth-order valence-electron chi connectivity index (χ4n) is 3.95. The molecule has 1 atom stereocenters. The molecule has 0 spiro atoms. The van der Waals surface area contributed by atoms with E-state index in [1.165, 1.54) is 44.3 Å². The Kier molecular flexibility index (Phi) is 4.28. The minimum atomic E-state index is 0.650. The number of nitrogens with one attached hydrogen (secondary N) is 1. The van der Waals surface area contributed by atoms with Crippen LogP contribution in [0.3, 0.4) is 0 Å². The maximum atomic E-state index is 3.76. The third kappa shape index (κ3) is 3.12. The molecule has 1 aliphatic heterocycles. The van der Waals surface area contributed by atoms with Crippen molar-refractivity contribution in [2.45, 2.75) is 44.3 Å². The number of hydrogen-bond donors (Lipinski definition) is 1. The van der Waals surface area contributed by atoms with Crippen LogP contribution in [0.4, 0.5) is 0 Å². The van der Waals surface area contributed by atoms with Gasteiger partial charge in [0.1, 0.15) is 0 Å². The maximum absolute atomic E-state index is 3.76. The summed E-state index contributed by atoms with van der Waals surface area (Å²) in [6.07, 6.45) is 5.13. The predicted octanol–water partition coefficient (Wildman–Crippen LogP) is 3.47. The van der Waals surface area contributed by atoms with E-state index in [4.69, 9.17) is 0 Å². The Labute approximate surface area is 137 Å². The van der Waals surface area contributed by atoms with Gasteiger partial charge in [-0.1, -0.05) is 24.3 Å². The smallest absolute Gasteiger partial charge is 0.0216 e. The van der Waals surface area contributed by atoms with Gasteiger partial charge in [0.05, 0.1) is 0 Å². The molecular weight excluding hydrogens is 288 g/mol. The van der Waals surface area contributed by atoms with Gasteiger partial charge in [-0.15, -0.1) is 0 Å². The average Bonchev–Trinajstić information content (AvgIpc) is 3.22. The Balaban J connectivity index is 1.34. The predicted molar refractivity (Wildman–Crippen MR) is 93.4 cm³/mol. The molecule has 116 valence electrons. The first-order valence-corrected chi connectivity index (χ1v) is 9.38. The second-order valence-electron chi connectivity index (χ2n) is 6.68. The van der Waals surface area contributed by atoms with Gasteiger partial charge >= 0.3 is 0 Å². The minimum Gasteiger partial charge on any atom is -0.309 e. The van der Waals surface area contributed by atoms with Crippen LogP contribution in [-0.2, 0) is 19.4 Å². The van der Waals surface area contributed by atoms with Crippen molar-refractivity contribution >= 4 is 11.3 Å². The highest BCUT2D eigenvalue weighted by Gasteiger charge is 2.30. The first-order chi connectivity index (χ1) is 10.9. The second-order valence-corrected chi connectivity index (χ2v) is 7.46. The molecule has 0 radical (unpaired) electrons. The van der Waals surface area contributed by atoms with E-state index in [0.29, 0.717) is 6.04 Å². The number of fused-ring (bicyclic) bond motifs is 1. The van der Waals surface area contributed by atoms with Crippen LogP contribution >= 0.6 is 11.3 Å². The molecule has 2 heterocycles. The van der Waals surface area contributed by atoms with E-state index >= 15 is 0 Å². The van der Waals surface area contributed by atoms with Crippen molar-refractivity contribution in [3.63, 3.8) is 0 Å². The van der Waals surface area contributed by atoms with Crippen LogP contribution in [-0.4, -0.2) is 30.1 Å². The van der Waals surface area contributed by atoms with Crippen molar-refractivity contribution in [2.24, 2.45) is 0 Å². The van der Waals surface area contributed by atoms with Crippen molar-refractivity contribution in [1.82, 2.24) is 10.2 Å². The standard InChI is InChI=1S/C19H24N2S/c1-2-5-17-11-19(10-16(17)4-1)21-8-3-6-18(13-21)20-12-15-7-9-22-14-15/h1-2,4-5,7,9,14,18-20H,3,6,8,10-13H2/t18-/m0/s1. The lowest BCUT2D eigenvalue weighted by Gasteiger charge is -2.37. The molecule has 1 aliphatic carbocycles. The van der Waals surface area contributed by atoms with Crippen LogP contribution in [0.25, 0.3) is 0 Å². The maximum Gasteiger partial charge on any atom is 0.0216 e. The van der Waals surface area contributed by atoms with E-state index < -0.39 is 0 Å². The van der Waals surface area contributed by atoms with Gasteiger partial charge in [0.25, 0.3) is 0 Å². The fraction of sp³-hybridized carbons (Fsp3) is 0.474. The van der Waals surface area contributed by atoms with Gasteiger partial charge in [0.2, 0.25) is 0 Å². The monoisotopic (exact) mass is 312 g/mol. The molecule has 1 fully saturated rings. The van der Waals surface area contributed by atoms with E-state index in [0.717, 1.165) is 12.6 Å². The van der Waals surface area contributed by atoms with Gasteiger partial charge in [0, 0.05) is 25.2 Å². The molecule has 1 N–H and O–H groups in total. The lowest BCUT2D eigenvalue weighted by Crippen LogP contribution is -2.49. The van der Waals surface area contributed by atoms with Gasteiger partial charge in [-0.3, -0.25) is 4.90 Å². The van der Waals surface area contributed by atoms with Crippen molar-refractivity contribution < 1.29 is 0 Å². The van der Waals surface area contributed by atoms with Gasteiger partial charge in [-0.2, -0.15) is 11.3 Å². The van der Waals surface area contributed by atoms with Crippen molar-refractivity contribution in [3.05, 3.63) is 57.8 Å². The molecule has 0 unspecified atom stereocenters. The first-order valence-electron chi connectivity index (χ1n) is 8.44. The van der Waals surface area contributed by atoms with Gasteiger partial charge in [0.15, 0.2) is 0 Å². The van der Waals surface area contributed by atoms with Crippen molar-refractivity contribution in [3.8, 4) is 0 Å². The third-order valence-electron chi connectivity index (χ3n) is 5.17. The third-order valence-corrected chi connectivity index (χ3v) is 5.91. The molecule has 1 aromatic carbocycles. The van der Waals surface area contributed by atoms with Crippen LogP contribution in [0.1, 0.15) is 29.5 Å². The number of benzene rings is 1.